The first kappa shape index (κ1) is 14.4. The Kier molecular flexibility index (Phi) is 4.16. The SMILES string of the molecule is CCC1CNCCC1(O)c1cc(C)c(OC)cc1C. The van der Waals surface area contributed by atoms with Gasteiger partial charge in [-0.15, -0.1) is 0 Å². The molecule has 2 rings (SSSR count). The zero-order valence-electron chi connectivity index (χ0n) is 12.4. The number of aliphatic hydroxyl groups is 1. The maximum Gasteiger partial charge on any atom is 0.122 e. The van der Waals surface area contributed by atoms with Crippen molar-refractivity contribution >= 4 is 0 Å². The molecule has 0 spiro atoms. The van der Waals surface area contributed by atoms with E-state index in [4.69, 9.17) is 4.74 Å². The van der Waals surface area contributed by atoms with Crippen LogP contribution in [-0.2, 0) is 5.60 Å². The van der Waals surface area contributed by atoms with E-state index >= 15 is 0 Å². The lowest BCUT2D eigenvalue weighted by Crippen LogP contribution is -2.48. The fourth-order valence-corrected chi connectivity index (χ4v) is 3.24. The van der Waals surface area contributed by atoms with Gasteiger partial charge in [0.25, 0.3) is 0 Å². The molecule has 19 heavy (non-hydrogen) atoms. The number of aryl methyl sites for hydroxylation is 2. The normalized spacial score (nSPS) is 27.3. The summed E-state index contributed by atoms with van der Waals surface area (Å²) in [5, 5.41) is 14.6. The van der Waals surface area contributed by atoms with Crippen LogP contribution in [0.3, 0.4) is 0 Å². The van der Waals surface area contributed by atoms with E-state index in [1.54, 1.807) is 7.11 Å². The van der Waals surface area contributed by atoms with Crippen LogP contribution in [0.5, 0.6) is 5.75 Å². The Hall–Kier alpha value is -1.06. The zero-order chi connectivity index (χ0) is 14.0. The van der Waals surface area contributed by atoms with Crippen molar-refractivity contribution in [1.29, 1.82) is 0 Å². The van der Waals surface area contributed by atoms with Gasteiger partial charge in [0.1, 0.15) is 5.75 Å². The van der Waals surface area contributed by atoms with Gasteiger partial charge in [0, 0.05) is 12.5 Å². The van der Waals surface area contributed by atoms with Crippen LogP contribution in [0.2, 0.25) is 0 Å². The molecule has 0 aromatic heterocycles. The highest BCUT2D eigenvalue weighted by Crippen LogP contribution is 2.40. The molecular weight excluding hydrogens is 238 g/mol. The molecule has 1 aromatic rings. The third-order valence-electron chi connectivity index (χ3n) is 4.45. The minimum atomic E-state index is -0.707. The highest BCUT2D eigenvalue weighted by molar-refractivity contribution is 5.44. The fourth-order valence-electron chi connectivity index (χ4n) is 3.24. The lowest BCUT2D eigenvalue weighted by molar-refractivity contribution is -0.0484. The Labute approximate surface area is 116 Å². The van der Waals surface area contributed by atoms with Gasteiger partial charge in [-0.1, -0.05) is 6.92 Å². The predicted molar refractivity (Wildman–Crippen MR) is 77.6 cm³/mol. The van der Waals surface area contributed by atoms with Gasteiger partial charge in [0.15, 0.2) is 0 Å². The summed E-state index contributed by atoms with van der Waals surface area (Å²) in [6, 6.07) is 4.14. The molecule has 1 fully saturated rings. The molecule has 0 aliphatic carbocycles. The quantitative estimate of drug-likeness (QED) is 0.880. The molecule has 3 heteroatoms. The molecule has 106 valence electrons. The smallest absolute Gasteiger partial charge is 0.122 e. The number of ether oxygens (including phenoxy) is 1. The van der Waals surface area contributed by atoms with Crippen molar-refractivity contribution in [2.45, 2.75) is 39.2 Å². The van der Waals surface area contributed by atoms with E-state index in [0.29, 0.717) is 0 Å². The average molecular weight is 263 g/mol. The number of rotatable bonds is 3. The van der Waals surface area contributed by atoms with Crippen LogP contribution in [0.4, 0.5) is 0 Å². The largest absolute Gasteiger partial charge is 0.496 e. The Bertz CT molecular complexity index is 458. The molecular formula is C16H25NO2. The molecule has 1 heterocycles. The molecule has 0 saturated carbocycles. The van der Waals surface area contributed by atoms with Crippen LogP contribution < -0.4 is 10.1 Å². The van der Waals surface area contributed by atoms with Crippen molar-refractivity contribution in [3.63, 3.8) is 0 Å². The lowest BCUT2D eigenvalue weighted by Gasteiger charge is -2.41. The van der Waals surface area contributed by atoms with Crippen LogP contribution in [0.25, 0.3) is 0 Å². The first-order chi connectivity index (χ1) is 9.02. The van der Waals surface area contributed by atoms with Gasteiger partial charge in [0.2, 0.25) is 0 Å². The number of piperidine rings is 1. The minimum absolute atomic E-state index is 0.271. The van der Waals surface area contributed by atoms with Crippen LogP contribution in [0, 0.1) is 19.8 Å². The first-order valence-electron chi connectivity index (χ1n) is 7.11. The van der Waals surface area contributed by atoms with E-state index in [9.17, 15) is 5.11 Å². The summed E-state index contributed by atoms with van der Waals surface area (Å²) >= 11 is 0. The third-order valence-corrected chi connectivity index (χ3v) is 4.45. The predicted octanol–water partition coefficient (Wildman–Crippen LogP) is 2.52. The Morgan fingerprint density at radius 2 is 2.11 bits per heavy atom. The van der Waals surface area contributed by atoms with E-state index in [-0.39, 0.29) is 5.92 Å². The topological polar surface area (TPSA) is 41.5 Å². The van der Waals surface area contributed by atoms with E-state index in [1.165, 1.54) is 0 Å². The van der Waals surface area contributed by atoms with Gasteiger partial charge in [-0.05, 0) is 62.1 Å². The molecule has 0 amide bonds. The molecule has 3 nitrogen and oxygen atoms in total. The van der Waals surface area contributed by atoms with Gasteiger partial charge in [-0.25, -0.2) is 0 Å². The molecule has 1 saturated heterocycles. The lowest BCUT2D eigenvalue weighted by atomic mass is 9.73. The van der Waals surface area contributed by atoms with E-state index < -0.39 is 5.60 Å². The summed E-state index contributed by atoms with van der Waals surface area (Å²) in [6.07, 6.45) is 1.76. The van der Waals surface area contributed by atoms with Crippen molar-refractivity contribution in [3.8, 4) is 5.75 Å². The maximum atomic E-state index is 11.2. The van der Waals surface area contributed by atoms with Gasteiger partial charge < -0.3 is 15.2 Å². The summed E-state index contributed by atoms with van der Waals surface area (Å²) in [6.45, 7) is 8.00. The summed E-state index contributed by atoms with van der Waals surface area (Å²) in [4.78, 5) is 0. The molecule has 0 bridgehead atoms. The Balaban J connectivity index is 2.47. The summed E-state index contributed by atoms with van der Waals surface area (Å²) < 4.78 is 5.36. The number of benzene rings is 1. The number of hydrogen-bond donors (Lipinski definition) is 2. The minimum Gasteiger partial charge on any atom is -0.496 e. The molecule has 1 aliphatic rings. The van der Waals surface area contributed by atoms with E-state index in [2.05, 4.69) is 25.2 Å². The highest BCUT2D eigenvalue weighted by Gasteiger charge is 2.40. The fraction of sp³-hybridized carbons (Fsp3) is 0.625. The summed E-state index contributed by atoms with van der Waals surface area (Å²) in [7, 11) is 1.69. The summed E-state index contributed by atoms with van der Waals surface area (Å²) in [5.74, 6) is 1.17. The second-order valence-electron chi connectivity index (χ2n) is 5.62. The second-order valence-corrected chi connectivity index (χ2v) is 5.62. The summed E-state index contributed by atoms with van der Waals surface area (Å²) in [5.41, 5.74) is 2.57. The monoisotopic (exact) mass is 263 g/mol. The molecule has 2 unspecified atom stereocenters. The van der Waals surface area contributed by atoms with Gasteiger partial charge in [0.05, 0.1) is 12.7 Å². The van der Waals surface area contributed by atoms with Crippen LogP contribution >= 0.6 is 0 Å². The number of nitrogens with one attached hydrogen (secondary N) is 1. The number of methoxy groups -OCH3 is 1. The highest BCUT2D eigenvalue weighted by atomic mass is 16.5. The standard InChI is InChI=1S/C16H25NO2/c1-5-13-10-17-7-6-16(13,18)14-8-12(3)15(19-4)9-11(14)2/h8-9,13,17-18H,5-7,10H2,1-4H3. The van der Waals surface area contributed by atoms with Crippen molar-refractivity contribution < 1.29 is 9.84 Å². The van der Waals surface area contributed by atoms with Crippen molar-refractivity contribution in [3.05, 3.63) is 28.8 Å². The van der Waals surface area contributed by atoms with Gasteiger partial charge in [-0.2, -0.15) is 0 Å². The van der Waals surface area contributed by atoms with Gasteiger partial charge in [-0.3, -0.25) is 0 Å². The molecule has 1 aliphatic heterocycles. The molecule has 1 aromatic carbocycles. The third kappa shape index (κ3) is 2.49. The maximum absolute atomic E-state index is 11.2. The second kappa shape index (κ2) is 5.51. The zero-order valence-corrected chi connectivity index (χ0v) is 12.4. The average Bonchev–Trinajstić information content (AvgIpc) is 2.41. The van der Waals surface area contributed by atoms with E-state index in [0.717, 1.165) is 48.4 Å². The van der Waals surface area contributed by atoms with Crippen LogP contribution in [-0.4, -0.2) is 25.3 Å². The number of hydrogen-bond acceptors (Lipinski definition) is 3. The first-order valence-corrected chi connectivity index (χ1v) is 7.11. The Morgan fingerprint density at radius 3 is 2.74 bits per heavy atom. The molecule has 2 N–H and O–H groups in total. The Morgan fingerprint density at radius 1 is 1.37 bits per heavy atom. The van der Waals surface area contributed by atoms with Crippen LogP contribution in [0.15, 0.2) is 12.1 Å². The van der Waals surface area contributed by atoms with Crippen molar-refractivity contribution in [1.82, 2.24) is 5.32 Å². The molecule has 0 radical (unpaired) electrons. The van der Waals surface area contributed by atoms with Crippen LogP contribution in [0.1, 0.15) is 36.5 Å². The molecule has 2 atom stereocenters. The van der Waals surface area contributed by atoms with Crippen molar-refractivity contribution in [2.24, 2.45) is 5.92 Å². The van der Waals surface area contributed by atoms with Gasteiger partial charge >= 0.3 is 0 Å². The van der Waals surface area contributed by atoms with E-state index in [1.807, 2.05) is 13.0 Å². The van der Waals surface area contributed by atoms with Crippen molar-refractivity contribution in [2.75, 3.05) is 20.2 Å².